The molecule has 5 rings (SSSR count). The molecule has 1 aromatic carbocycles. The highest BCUT2D eigenvalue weighted by molar-refractivity contribution is 7.80. The Morgan fingerprint density at radius 2 is 1.63 bits per heavy atom. The van der Waals surface area contributed by atoms with Crippen LogP contribution in [0.1, 0.15) is 128 Å². The van der Waals surface area contributed by atoms with Crippen LogP contribution in [0, 0.1) is 52.3 Å². The van der Waals surface area contributed by atoms with Crippen molar-refractivity contribution in [2.45, 2.75) is 136 Å². The number of hydrogen-bond donors (Lipinski definition) is 4. The number of carbonyl (C=O) groups excluding carboxylic acids is 1. The van der Waals surface area contributed by atoms with Gasteiger partial charge in [0.25, 0.3) is 0 Å². The van der Waals surface area contributed by atoms with Gasteiger partial charge in [-0.1, -0.05) is 52.8 Å². The standard InChI is InChI=1S/C41H69N3O6S/c1-28(2)36(50-51(46,47)48)17-14-29(3)33-15-16-34-38-35(19-21-41(33,34)5)40(4)20-18-32(44-25-11-24-43-23-10-9-22-42)26-31(40)27-37(38)49-39(45)30-12-7-6-8-13-30/h6-8,12-13,28-29,31-38,43-44H,9-11,14-27,42H2,1-5H3,(H,46,47,48). The Kier molecular flexibility index (Phi) is 14.1. The summed E-state index contributed by atoms with van der Waals surface area (Å²) in [6, 6.07) is 10.0. The number of fused-ring (bicyclic) bond motifs is 5. The van der Waals surface area contributed by atoms with Gasteiger partial charge in [-0.05, 0) is 168 Å². The van der Waals surface area contributed by atoms with E-state index >= 15 is 0 Å². The molecule has 290 valence electrons. The van der Waals surface area contributed by atoms with Gasteiger partial charge in [0.15, 0.2) is 0 Å². The van der Waals surface area contributed by atoms with Crippen molar-refractivity contribution < 1.29 is 26.7 Å². The van der Waals surface area contributed by atoms with Gasteiger partial charge in [-0.15, -0.1) is 0 Å². The van der Waals surface area contributed by atoms with Crippen molar-refractivity contribution in [3.05, 3.63) is 35.9 Å². The number of nitrogens with two attached hydrogens (primary N) is 1. The molecule has 4 aliphatic carbocycles. The predicted molar refractivity (Wildman–Crippen MR) is 203 cm³/mol. The van der Waals surface area contributed by atoms with E-state index < -0.39 is 16.5 Å². The first-order valence-corrected chi connectivity index (χ1v) is 21.7. The smallest absolute Gasteiger partial charge is 0.397 e. The van der Waals surface area contributed by atoms with Gasteiger partial charge in [0.2, 0.25) is 0 Å². The van der Waals surface area contributed by atoms with Gasteiger partial charge in [-0.3, -0.25) is 4.55 Å². The fraction of sp³-hybridized carbons (Fsp3) is 0.829. The molecule has 0 aliphatic heterocycles. The first kappa shape index (κ1) is 40.6. The molecule has 11 unspecified atom stereocenters. The summed E-state index contributed by atoms with van der Waals surface area (Å²) in [7, 11) is -4.50. The average molecular weight is 732 g/mol. The maximum atomic E-state index is 13.7. The quantitative estimate of drug-likeness (QED) is 0.0690. The number of ether oxygens (including phenoxy) is 1. The van der Waals surface area contributed by atoms with Crippen molar-refractivity contribution in [2.75, 3.05) is 26.2 Å². The molecule has 10 heteroatoms. The van der Waals surface area contributed by atoms with E-state index in [1.54, 1.807) is 0 Å². The summed E-state index contributed by atoms with van der Waals surface area (Å²) in [4.78, 5) is 13.7. The van der Waals surface area contributed by atoms with Crippen molar-refractivity contribution >= 4 is 16.4 Å². The van der Waals surface area contributed by atoms with Crippen molar-refractivity contribution in [3.8, 4) is 0 Å². The van der Waals surface area contributed by atoms with Crippen molar-refractivity contribution in [1.82, 2.24) is 10.6 Å². The molecular weight excluding hydrogens is 663 g/mol. The Balaban J connectivity index is 1.29. The maximum absolute atomic E-state index is 13.7. The molecule has 0 bridgehead atoms. The molecule has 0 radical (unpaired) electrons. The molecule has 4 fully saturated rings. The van der Waals surface area contributed by atoms with Crippen LogP contribution in [0.5, 0.6) is 0 Å². The van der Waals surface area contributed by atoms with Gasteiger partial charge in [-0.2, -0.15) is 8.42 Å². The monoisotopic (exact) mass is 731 g/mol. The van der Waals surface area contributed by atoms with Crippen LogP contribution in [-0.4, -0.2) is 63.4 Å². The summed E-state index contributed by atoms with van der Waals surface area (Å²) >= 11 is 0. The normalized spacial score (nSPS) is 34.7. The molecule has 4 saturated carbocycles. The van der Waals surface area contributed by atoms with Crippen molar-refractivity contribution in [2.24, 2.45) is 58.0 Å². The van der Waals surface area contributed by atoms with E-state index in [2.05, 4.69) is 31.4 Å². The number of benzene rings is 1. The number of hydrogen-bond acceptors (Lipinski definition) is 8. The van der Waals surface area contributed by atoms with Crippen LogP contribution in [0.4, 0.5) is 0 Å². The van der Waals surface area contributed by atoms with Crippen LogP contribution in [0.25, 0.3) is 0 Å². The lowest BCUT2D eigenvalue weighted by Crippen LogP contribution is -2.60. The topological polar surface area (TPSA) is 140 Å². The molecule has 5 N–H and O–H groups in total. The number of carbonyl (C=O) groups is 1. The van der Waals surface area contributed by atoms with Crippen LogP contribution in [-0.2, 0) is 19.3 Å². The largest absolute Gasteiger partial charge is 0.458 e. The molecule has 11 atom stereocenters. The van der Waals surface area contributed by atoms with Gasteiger partial charge >= 0.3 is 16.4 Å². The van der Waals surface area contributed by atoms with E-state index in [1.165, 1.54) is 25.7 Å². The maximum Gasteiger partial charge on any atom is 0.397 e. The Morgan fingerprint density at radius 3 is 2.33 bits per heavy atom. The van der Waals surface area contributed by atoms with E-state index in [4.69, 9.17) is 14.7 Å². The third kappa shape index (κ3) is 9.76. The van der Waals surface area contributed by atoms with Gasteiger partial charge in [0, 0.05) is 12.0 Å². The summed E-state index contributed by atoms with van der Waals surface area (Å²) in [5.74, 6) is 2.57. The minimum Gasteiger partial charge on any atom is -0.458 e. The Bertz CT molecular complexity index is 1360. The lowest BCUT2D eigenvalue weighted by Gasteiger charge is -2.63. The summed E-state index contributed by atoms with van der Waals surface area (Å²) < 4.78 is 44.3. The lowest BCUT2D eigenvalue weighted by atomic mass is 9.43. The van der Waals surface area contributed by atoms with E-state index in [-0.39, 0.29) is 28.8 Å². The van der Waals surface area contributed by atoms with Crippen molar-refractivity contribution in [3.63, 3.8) is 0 Å². The van der Waals surface area contributed by atoms with Crippen LogP contribution in [0.2, 0.25) is 0 Å². The van der Waals surface area contributed by atoms with E-state index in [9.17, 15) is 17.8 Å². The second-order valence-corrected chi connectivity index (χ2v) is 18.7. The van der Waals surface area contributed by atoms with Gasteiger partial charge in [-0.25, -0.2) is 8.98 Å². The van der Waals surface area contributed by atoms with Gasteiger partial charge in [0.1, 0.15) is 6.10 Å². The van der Waals surface area contributed by atoms with Crippen LogP contribution in [0.15, 0.2) is 30.3 Å². The molecule has 0 spiro atoms. The Labute approximate surface area is 309 Å². The molecule has 0 amide bonds. The van der Waals surface area contributed by atoms with Gasteiger partial charge in [0.05, 0.1) is 11.7 Å². The first-order valence-electron chi connectivity index (χ1n) is 20.3. The molecule has 4 aliphatic rings. The summed E-state index contributed by atoms with van der Waals surface area (Å²) in [5, 5.41) is 7.46. The molecule has 0 aromatic heterocycles. The van der Waals surface area contributed by atoms with Crippen molar-refractivity contribution in [1.29, 1.82) is 0 Å². The molecule has 51 heavy (non-hydrogen) atoms. The van der Waals surface area contributed by atoms with E-state index in [0.717, 1.165) is 77.5 Å². The Morgan fingerprint density at radius 1 is 0.922 bits per heavy atom. The fourth-order valence-electron chi connectivity index (χ4n) is 11.6. The number of unbranched alkanes of at least 4 members (excludes halogenated alkanes) is 1. The number of esters is 1. The highest BCUT2D eigenvalue weighted by atomic mass is 32.3. The summed E-state index contributed by atoms with van der Waals surface area (Å²) in [5.41, 5.74) is 6.63. The molecular formula is C41H69N3O6S. The minimum atomic E-state index is -4.50. The van der Waals surface area contributed by atoms with E-state index in [1.807, 2.05) is 44.2 Å². The molecule has 0 heterocycles. The fourth-order valence-corrected chi connectivity index (χ4v) is 12.2. The minimum absolute atomic E-state index is 0.0173. The average Bonchev–Trinajstić information content (AvgIpc) is 3.45. The summed E-state index contributed by atoms with van der Waals surface area (Å²) in [6.45, 7) is 15.1. The summed E-state index contributed by atoms with van der Waals surface area (Å²) in [6.07, 6.45) is 13.3. The Hall–Kier alpha value is -1.56. The predicted octanol–water partition coefficient (Wildman–Crippen LogP) is 7.42. The van der Waals surface area contributed by atoms with Crippen LogP contribution in [0.3, 0.4) is 0 Å². The highest BCUT2D eigenvalue weighted by Gasteiger charge is 2.63. The highest BCUT2D eigenvalue weighted by Crippen LogP contribution is 2.69. The molecule has 9 nitrogen and oxygen atoms in total. The third-order valence-corrected chi connectivity index (χ3v) is 14.8. The molecule has 1 aromatic rings. The zero-order chi connectivity index (χ0) is 36.8. The first-order chi connectivity index (χ1) is 24.3. The van der Waals surface area contributed by atoms with Crippen LogP contribution >= 0.6 is 0 Å². The number of rotatable bonds is 18. The SMILES string of the molecule is CC(C)C(CCC(C)C1CCC2C3C(OC(=O)c4ccccc4)CC4CC(NCCCNCCCCN)CCC4(C)C3CCC12C)OS(=O)(=O)O. The lowest BCUT2D eigenvalue weighted by molar-refractivity contribution is -0.168. The van der Waals surface area contributed by atoms with E-state index in [0.29, 0.717) is 53.5 Å². The molecule has 0 saturated heterocycles. The zero-order valence-electron chi connectivity index (χ0n) is 32.2. The zero-order valence-corrected chi connectivity index (χ0v) is 33.0. The van der Waals surface area contributed by atoms with Gasteiger partial charge < -0.3 is 21.1 Å². The third-order valence-electron chi connectivity index (χ3n) is 14.4. The second kappa shape index (κ2) is 17.7. The van der Waals surface area contributed by atoms with Crippen LogP contribution < -0.4 is 16.4 Å². The number of nitrogens with one attached hydrogen (secondary N) is 2. The second-order valence-electron chi connectivity index (χ2n) is 17.7.